The van der Waals surface area contributed by atoms with Crippen molar-refractivity contribution >= 4 is 5.78 Å². The van der Waals surface area contributed by atoms with Crippen molar-refractivity contribution in [3.05, 3.63) is 23.3 Å². The van der Waals surface area contributed by atoms with Crippen molar-refractivity contribution in [2.45, 2.75) is 26.7 Å². The van der Waals surface area contributed by atoms with E-state index in [1.807, 2.05) is 26.0 Å². The quantitative estimate of drug-likeness (QED) is 0.782. The van der Waals surface area contributed by atoms with Gasteiger partial charge in [0, 0.05) is 12.0 Å². The molecule has 1 aliphatic rings. The van der Waals surface area contributed by atoms with Gasteiger partial charge in [0.15, 0.2) is 5.78 Å². The van der Waals surface area contributed by atoms with E-state index in [1.54, 1.807) is 0 Å². The van der Waals surface area contributed by atoms with E-state index in [0.717, 1.165) is 23.3 Å². The van der Waals surface area contributed by atoms with Gasteiger partial charge in [0.1, 0.15) is 11.5 Å². The summed E-state index contributed by atoms with van der Waals surface area (Å²) in [6.07, 6.45) is 1.34. The van der Waals surface area contributed by atoms with Crippen LogP contribution in [0.5, 0.6) is 11.5 Å². The zero-order chi connectivity index (χ0) is 11.5. The summed E-state index contributed by atoms with van der Waals surface area (Å²) in [4.78, 5) is 11.8. The minimum atomic E-state index is 0.167. The maximum atomic E-state index is 11.8. The number of rotatable bonds is 4. The summed E-state index contributed by atoms with van der Waals surface area (Å²) < 4.78 is 11.0. The van der Waals surface area contributed by atoms with Crippen LogP contribution in [0.3, 0.4) is 0 Å². The van der Waals surface area contributed by atoms with Gasteiger partial charge in [0.05, 0.1) is 18.8 Å². The number of hydrogen-bond acceptors (Lipinski definition) is 3. The highest BCUT2D eigenvalue weighted by Crippen LogP contribution is 2.37. The highest BCUT2D eigenvalue weighted by molar-refractivity contribution is 6.03. The number of carbonyl (C=O) groups excluding carboxylic acids is 1. The fourth-order valence-corrected chi connectivity index (χ4v) is 2.09. The van der Waals surface area contributed by atoms with Crippen LogP contribution in [0.25, 0.3) is 0 Å². The van der Waals surface area contributed by atoms with Crippen LogP contribution in [-0.4, -0.2) is 19.0 Å². The summed E-state index contributed by atoms with van der Waals surface area (Å²) in [5, 5.41) is 0. The highest BCUT2D eigenvalue weighted by Gasteiger charge is 2.27. The Kier molecular flexibility index (Phi) is 3.13. The lowest BCUT2D eigenvalue weighted by Gasteiger charge is -2.12. The molecule has 16 heavy (non-hydrogen) atoms. The molecule has 3 heteroatoms. The highest BCUT2D eigenvalue weighted by atomic mass is 16.5. The number of carbonyl (C=O) groups is 1. The summed E-state index contributed by atoms with van der Waals surface area (Å²) in [7, 11) is 0. The lowest BCUT2D eigenvalue weighted by molar-refractivity contribution is 0.0991. The Hall–Kier alpha value is -1.51. The molecule has 0 fully saturated rings. The van der Waals surface area contributed by atoms with Crippen molar-refractivity contribution in [1.82, 2.24) is 0 Å². The van der Waals surface area contributed by atoms with Crippen LogP contribution < -0.4 is 9.47 Å². The van der Waals surface area contributed by atoms with Gasteiger partial charge in [-0.2, -0.15) is 0 Å². The van der Waals surface area contributed by atoms with Gasteiger partial charge < -0.3 is 9.47 Å². The van der Waals surface area contributed by atoms with Gasteiger partial charge in [0.25, 0.3) is 0 Å². The van der Waals surface area contributed by atoms with Gasteiger partial charge in [-0.3, -0.25) is 4.79 Å². The summed E-state index contributed by atoms with van der Waals surface area (Å²) in [5.41, 5.74) is 1.74. The van der Waals surface area contributed by atoms with Gasteiger partial charge in [-0.05, 0) is 32.4 Å². The van der Waals surface area contributed by atoms with Crippen LogP contribution in [0, 0.1) is 0 Å². The summed E-state index contributed by atoms with van der Waals surface area (Å²) in [6, 6.07) is 3.72. The van der Waals surface area contributed by atoms with E-state index in [2.05, 4.69) is 0 Å². The summed E-state index contributed by atoms with van der Waals surface area (Å²) in [5.74, 6) is 1.69. The average Bonchev–Trinajstić information content (AvgIpc) is 2.66. The molecule has 0 aliphatic heterocycles. The third-order valence-corrected chi connectivity index (χ3v) is 2.71. The second kappa shape index (κ2) is 4.56. The van der Waals surface area contributed by atoms with Crippen molar-refractivity contribution in [3.8, 4) is 11.5 Å². The van der Waals surface area contributed by atoms with Crippen LogP contribution in [-0.2, 0) is 6.42 Å². The molecule has 0 radical (unpaired) electrons. The maximum Gasteiger partial charge on any atom is 0.167 e. The van der Waals surface area contributed by atoms with Crippen molar-refractivity contribution < 1.29 is 14.3 Å². The standard InChI is InChI=1S/C13H16O3/c1-3-15-11-7-8-12(16-4-2)13-9(11)5-6-10(13)14/h7-8H,3-6H2,1-2H3. The van der Waals surface area contributed by atoms with Crippen LogP contribution in [0.15, 0.2) is 12.1 Å². The molecule has 0 saturated carbocycles. The molecule has 1 aliphatic carbocycles. The molecule has 2 rings (SSSR count). The molecule has 86 valence electrons. The first-order valence-corrected chi connectivity index (χ1v) is 5.72. The number of hydrogen-bond donors (Lipinski definition) is 0. The number of fused-ring (bicyclic) bond motifs is 1. The Balaban J connectivity index is 2.46. The second-order valence-corrected chi connectivity index (χ2v) is 3.70. The number of benzene rings is 1. The van der Waals surface area contributed by atoms with Crippen molar-refractivity contribution in [2.75, 3.05) is 13.2 Å². The SMILES string of the molecule is CCOc1ccc(OCC)c2c1CCC2=O. The zero-order valence-corrected chi connectivity index (χ0v) is 9.71. The van der Waals surface area contributed by atoms with Crippen molar-refractivity contribution in [1.29, 1.82) is 0 Å². The molecule has 0 unspecified atom stereocenters. The van der Waals surface area contributed by atoms with E-state index in [-0.39, 0.29) is 5.78 Å². The second-order valence-electron chi connectivity index (χ2n) is 3.70. The Morgan fingerprint density at radius 1 is 1.06 bits per heavy atom. The largest absolute Gasteiger partial charge is 0.494 e. The molecule has 0 atom stereocenters. The Morgan fingerprint density at radius 2 is 1.69 bits per heavy atom. The van der Waals surface area contributed by atoms with E-state index < -0.39 is 0 Å². The van der Waals surface area contributed by atoms with E-state index >= 15 is 0 Å². The normalized spacial score (nSPS) is 13.8. The third kappa shape index (κ3) is 1.77. The van der Waals surface area contributed by atoms with Gasteiger partial charge in [-0.1, -0.05) is 0 Å². The predicted octanol–water partition coefficient (Wildman–Crippen LogP) is 2.61. The number of ketones is 1. The fourth-order valence-electron chi connectivity index (χ4n) is 2.09. The van der Waals surface area contributed by atoms with Crippen LogP contribution in [0.4, 0.5) is 0 Å². The molecule has 0 N–H and O–H groups in total. The van der Waals surface area contributed by atoms with Crippen LogP contribution in [0.1, 0.15) is 36.2 Å². The fraction of sp³-hybridized carbons (Fsp3) is 0.462. The molecule has 0 bridgehead atoms. The molecule has 3 nitrogen and oxygen atoms in total. The van der Waals surface area contributed by atoms with Crippen LogP contribution >= 0.6 is 0 Å². The molecule has 0 spiro atoms. The Morgan fingerprint density at radius 3 is 2.38 bits per heavy atom. The van der Waals surface area contributed by atoms with Crippen molar-refractivity contribution in [2.24, 2.45) is 0 Å². The lowest BCUT2D eigenvalue weighted by Crippen LogP contribution is -2.02. The van der Waals surface area contributed by atoms with Gasteiger partial charge in [0.2, 0.25) is 0 Å². The van der Waals surface area contributed by atoms with Crippen molar-refractivity contribution in [3.63, 3.8) is 0 Å². The first-order chi connectivity index (χ1) is 7.77. The summed E-state index contributed by atoms with van der Waals surface area (Å²) >= 11 is 0. The number of ether oxygens (including phenoxy) is 2. The molecular formula is C13H16O3. The monoisotopic (exact) mass is 220 g/mol. The Labute approximate surface area is 95.4 Å². The smallest absolute Gasteiger partial charge is 0.167 e. The summed E-state index contributed by atoms with van der Waals surface area (Å²) in [6.45, 7) is 5.06. The molecule has 0 heterocycles. The molecule has 1 aromatic rings. The predicted molar refractivity (Wildman–Crippen MR) is 61.4 cm³/mol. The minimum Gasteiger partial charge on any atom is -0.494 e. The van der Waals surface area contributed by atoms with Crippen LogP contribution in [0.2, 0.25) is 0 Å². The van der Waals surface area contributed by atoms with Gasteiger partial charge >= 0.3 is 0 Å². The first kappa shape index (κ1) is 11.0. The average molecular weight is 220 g/mol. The van der Waals surface area contributed by atoms with Gasteiger partial charge in [-0.25, -0.2) is 0 Å². The minimum absolute atomic E-state index is 0.167. The first-order valence-electron chi connectivity index (χ1n) is 5.72. The Bertz CT molecular complexity index is 410. The molecule has 0 aromatic heterocycles. The topological polar surface area (TPSA) is 35.5 Å². The molecule has 0 saturated heterocycles. The van der Waals surface area contributed by atoms with Gasteiger partial charge in [-0.15, -0.1) is 0 Å². The van der Waals surface area contributed by atoms with E-state index in [1.165, 1.54) is 0 Å². The van der Waals surface area contributed by atoms with E-state index in [0.29, 0.717) is 25.4 Å². The third-order valence-electron chi connectivity index (χ3n) is 2.71. The molecule has 1 aromatic carbocycles. The maximum absolute atomic E-state index is 11.8. The van der Waals surface area contributed by atoms with E-state index in [9.17, 15) is 4.79 Å². The van der Waals surface area contributed by atoms with E-state index in [4.69, 9.17) is 9.47 Å². The molecule has 0 amide bonds. The number of Topliss-reactive ketones (excluding diaryl/α,β-unsaturated/α-hetero) is 1. The zero-order valence-electron chi connectivity index (χ0n) is 9.71. The molecular weight excluding hydrogens is 204 g/mol. The lowest BCUT2D eigenvalue weighted by atomic mass is 10.1.